The van der Waals surface area contributed by atoms with Crippen molar-refractivity contribution in [3.8, 4) is 0 Å². The van der Waals surface area contributed by atoms with Crippen molar-refractivity contribution in [1.29, 1.82) is 0 Å². The van der Waals surface area contributed by atoms with Gasteiger partial charge < -0.3 is 14.9 Å². The van der Waals surface area contributed by atoms with Crippen LogP contribution in [-0.4, -0.2) is 55.3 Å². The van der Waals surface area contributed by atoms with Crippen LogP contribution in [0.15, 0.2) is 30.3 Å². The summed E-state index contributed by atoms with van der Waals surface area (Å²) in [4.78, 5) is 0. The van der Waals surface area contributed by atoms with E-state index in [1.165, 1.54) is 4.68 Å². The summed E-state index contributed by atoms with van der Waals surface area (Å²) in [7, 11) is 0. The lowest BCUT2D eigenvalue weighted by Crippen LogP contribution is -2.48. The summed E-state index contributed by atoms with van der Waals surface area (Å²) in [5, 5.41) is 32.4. The number of ether oxygens (including phenoxy) is 1. The fraction of sp³-hybridized carbons (Fsp3) is 0.438. The summed E-state index contributed by atoms with van der Waals surface area (Å²) in [6.45, 7) is 1.03. The van der Waals surface area contributed by atoms with E-state index in [0.717, 1.165) is 5.56 Å². The molecule has 0 bridgehead atoms. The Morgan fingerprint density at radius 2 is 1.96 bits per heavy atom. The van der Waals surface area contributed by atoms with Crippen LogP contribution in [-0.2, 0) is 11.3 Å². The SMILES string of the molecule is OC(Cn1nnnc1/C=C/c1ccccc1)C1(O)CCOCC1. The van der Waals surface area contributed by atoms with Gasteiger partial charge in [-0.1, -0.05) is 36.4 Å². The van der Waals surface area contributed by atoms with E-state index < -0.39 is 11.7 Å². The van der Waals surface area contributed by atoms with Crippen LogP contribution in [0.2, 0.25) is 0 Å². The van der Waals surface area contributed by atoms with E-state index in [1.54, 1.807) is 6.08 Å². The van der Waals surface area contributed by atoms with Crippen LogP contribution >= 0.6 is 0 Å². The van der Waals surface area contributed by atoms with Gasteiger partial charge in [0.1, 0.15) is 6.10 Å². The van der Waals surface area contributed by atoms with E-state index in [2.05, 4.69) is 15.5 Å². The molecule has 1 saturated heterocycles. The van der Waals surface area contributed by atoms with Crippen LogP contribution in [0.5, 0.6) is 0 Å². The molecule has 122 valence electrons. The highest BCUT2D eigenvalue weighted by Crippen LogP contribution is 2.25. The maximum absolute atomic E-state index is 10.5. The Kier molecular flexibility index (Phi) is 4.80. The van der Waals surface area contributed by atoms with Crippen LogP contribution in [0.1, 0.15) is 24.2 Å². The van der Waals surface area contributed by atoms with Gasteiger partial charge in [-0.2, -0.15) is 0 Å². The topological polar surface area (TPSA) is 93.3 Å². The molecule has 1 aromatic carbocycles. The lowest BCUT2D eigenvalue weighted by Gasteiger charge is -2.36. The van der Waals surface area contributed by atoms with Gasteiger partial charge in [0.15, 0.2) is 5.82 Å². The van der Waals surface area contributed by atoms with E-state index in [-0.39, 0.29) is 6.54 Å². The number of nitrogens with zero attached hydrogens (tertiary/aromatic N) is 4. The lowest BCUT2D eigenvalue weighted by molar-refractivity contribution is -0.136. The normalized spacial score (nSPS) is 19.0. The van der Waals surface area contributed by atoms with Crippen LogP contribution < -0.4 is 0 Å². The minimum absolute atomic E-state index is 0.137. The van der Waals surface area contributed by atoms with E-state index >= 15 is 0 Å². The van der Waals surface area contributed by atoms with Crippen LogP contribution in [0.3, 0.4) is 0 Å². The summed E-state index contributed by atoms with van der Waals surface area (Å²) < 4.78 is 6.73. The minimum atomic E-state index is -1.15. The minimum Gasteiger partial charge on any atom is -0.388 e. The summed E-state index contributed by atoms with van der Waals surface area (Å²) in [6, 6.07) is 9.81. The number of rotatable bonds is 5. The van der Waals surface area contributed by atoms with E-state index in [1.807, 2.05) is 36.4 Å². The molecule has 1 aromatic heterocycles. The summed E-state index contributed by atoms with van der Waals surface area (Å²) in [5.74, 6) is 0.531. The van der Waals surface area contributed by atoms with Gasteiger partial charge in [-0.15, -0.1) is 5.10 Å². The first-order valence-corrected chi connectivity index (χ1v) is 7.65. The van der Waals surface area contributed by atoms with Crippen molar-refractivity contribution < 1.29 is 14.9 Å². The average molecular weight is 316 g/mol. The van der Waals surface area contributed by atoms with E-state index in [0.29, 0.717) is 31.9 Å². The fourth-order valence-corrected chi connectivity index (χ4v) is 2.59. The summed E-state index contributed by atoms with van der Waals surface area (Å²) in [5.41, 5.74) is -0.115. The molecule has 0 spiro atoms. The number of tetrazole rings is 1. The smallest absolute Gasteiger partial charge is 0.174 e. The number of aromatic nitrogens is 4. The van der Waals surface area contributed by atoms with Gasteiger partial charge in [-0.25, -0.2) is 4.68 Å². The van der Waals surface area contributed by atoms with Crippen molar-refractivity contribution in [1.82, 2.24) is 20.2 Å². The van der Waals surface area contributed by atoms with Crippen molar-refractivity contribution in [3.63, 3.8) is 0 Å². The number of hydrogen-bond donors (Lipinski definition) is 2. The van der Waals surface area contributed by atoms with Gasteiger partial charge in [-0.05, 0) is 22.1 Å². The number of aliphatic hydroxyl groups excluding tert-OH is 1. The molecular formula is C16H20N4O3. The molecule has 7 nitrogen and oxygen atoms in total. The molecule has 1 aliphatic rings. The van der Waals surface area contributed by atoms with Crippen molar-refractivity contribution in [2.45, 2.75) is 31.1 Å². The molecule has 2 heterocycles. The fourth-order valence-electron chi connectivity index (χ4n) is 2.59. The first-order chi connectivity index (χ1) is 11.2. The Bertz CT molecular complexity index is 650. The third-order valence-electron chi connectivity index (χ3n) is 4.11. The predicted molar refractivity (Wildman–Crippen MR) is 84.2 cm³/mol. The zero-order valence-corrected chi connectivity index (χ0v) is 12.7. The standard InChI is InChI=1S/C16H20N4O3/c21-14(16(22)8-10-23-11-9-16)12-20-15(17-18-19-20)7-6-13-4-2-1-3-5-13/h1-7,14,21-22H,8-12H2/b7-6+. The quantitative estimate of drug-likeness (QED) is 0.845. The predicted octanol–water partition coefficient (Wildman–Crippen LogP) is 0.746. The van der Waals surface area contributed by atoms with Crippen molar-refractivity contribution in [3.05, 3.63) is 41.7 Å². The molecule has 1 fully saturated rings. The second-order valence-corrected chi connectivity index (χ2v) is 5.69. The third kappa shape index (κ3) is 3.82. The van der Waals surface area contributed by atoms with E-state index in [9.17, 15) is 10.2 Å². The van der Waals surface area contributed by atoms with Crippen molar-refractivity contribution in [2.24, 2.45) is 0 Å². The Morgan fingerprint density at radius 3 is 2.70 bits per heavy atom. The molecule has 1 aliphatic heterocycles. The zero-order valence-electron chi connectivity index (χ0n) is 12.7. The zero-order chi connectivity index (χ0) is 16.1. The number of hydrogen-bond acceptors (Lipinski definition) is 6. The van der Waals surface area contributed by atoms with E-state index in [4.69, 9.17) is 4.74 Å². The molecule has 0 saturated carbocycles. The Labute approximate surface area is 134 Å². The van der Waals surface area contributed by atoms with Crippen LogP contribution in [0.4, 0.5) is 0 Å². The molecule has 3 rings (SSSR count). The van der Waals surface area contributed by atoms with Gasteiger partial charge in [0.25, 0.3) is 0 Å². The molecule has 7 heteroatoms. The maximum Gasteiger partial charge on any atom is 0.174 e. The average Bonchev–Trinajstić information content (AvgIpc) is 3.02. The Hall–Kier alpha value is -2.09. The molecule has 2 N–H and O–H groups in total. The molecule has 1 unspecified atom stereocenters. The Morgan fingerprint density at radius 1 is 1.22 bits per heavy atom. The molecule has 0 aliphatic carbocycles. The van der Waals surface area contributed by atoms with Crippen molar-refractivity contribution >= 4 is 12.2 Å². The highest BCUT2D eigenvalue weighted by atomic mass is 16.5. The third-order valence-corrected chi connectivity index (χ3v) is 4.11. The first kappa shape index (κ1) is 15.8. The van der Waals surface area contributed by atoms with Gasteiger partial charge >= 0.3 is 0 Å². The van der Waals surface area contributed by atoms with Gasteiger partial charge in [0, 0.05) is 26.1 Å². The monoisotopic (exact) mass is 316 g/mol. The molecule has 23 heavy (non-hydrogen) atoms. The summed E-state index contributed by atoms with van der Waals surface area (Å²) in [6.07, 6.45) is 3.56. The van der Waals surface area contributed by atoms with Gasteiger partial charge in [0.2, 0.25) is 0 Å². The second-order valence-electron chi connectivity index (χ2n) is 5.69. The highest BCUT2D eigenvalue weighted by Gasteiger charge is 2.38. The van der Waals surface area contributed by atoms with Gasteiger partial charge in [0.05, 0.1) is 12.1 Å². The number of benzene rings is 1. The summed E-state index contributed by atoms with van der Waals surface area (Å²) >= 11 is 0. The second kappa shape index (κ2) is 6.99. The highest BCUT2D eigenvalue weighted by molar-refractivity contribution is 5.66. The molecule has 0 amide bonds. The molecule has 0 radical (unpaired) electrons. The molecule has 2 aromatic rings. The molecule has 1 atom stereocenters. The van der Waals surface area contributed by atoms with Crippen LogP contribution in [0, 0.1) is 0 Å². The molecular weight excluding hydrogens is 296 g/mol. The van der Waals surface area contributed by atoms with Gasteiger partial charge in [-0.3, -0.25) is 0 Å². The Balaban J connectivity index is 1.70. The van der Waals surface area contributed by atoms with Crippen LogP contribution in [0.25, 0.3) is 12.2 Å². The maximum atomic E-state index is 10.5. The van der Waals surface area contributed by atoms with Crippen molar-refractivity contribution in [2.75, 3.05) is 13.2 Å². The largest absolute Gasteiger partial charge is 0.388 e. The number of aliphatic hydroxyl groups is 2. The lowest BCUT2D eigenvalue weighted by atomic mass is 9.88. The first-order valence-electron chi connectivity index (χ1n) is 7.65.